The van der Waals surface area contributed by atoms with Crippen LogP contribution in [0.15, 0.2) is 34.2 Å². The molecule has 1 aromatic heterocycles. The minimum atomic E-state index is -0.485. The van der Waals surface area contributed by atoms with Gasteiger partial charge < -0.3 is 15.0 Å². The fourth-order valence-corrected chi connectivity index (χ4v) is 2.71. The van der Waals surface area contributed by atoms with Gasteiger partial charge in [0.1, 0.15) is 0 Å². The molecule has 2 rings (SSSR count). The van der Waals surface area contributed by atoms with E-state index in [1.165, 1.54) is 13.2 Å². The molecule has 0 aliphatic carbocycles. The predicted octanol–water partition coefficient (Wildman–Crippen LogP) is 1.83. The van der Waals surface area contributed by atoms with Crippen LogP contribution >= 0.6 is 11.8 Å². The highest BCUT2D eigenvalue weighted by Crippen LogP contribution is 2.16. The molecule has 2 aromatic rings. The quantitative estimate of drug-likeness (QED) is 0.462. The maximum atomic E-state index is 12.1. The Morgan fingerprint density at radius 3 is 2.68 bits per heavy atom. The van der Waals surface area contributed by atoms with Crippen molar-refractivity contribution in [1.82, 2.24) is 9.97 Å². The molecule has 0 saturated heterocycles. The van der Waals surface area contributed by atoms with Crippen molar-refractivity contribution >= 4 is 29.3 Å². The van der Waals surface area contributed by atoms with Crippen LogP contribution in [0.4, 0.5) is 5.69 Å². The highest BCUT2D eigenvalue weighted by atomic mass is 32.2. The number of esters is 1. The molecule has 0 fully saturated rings. The van der Waals surface area contributed by atoms with Crippen LogP contribution in [0, 0.1) is 13.8 Å². The van der Waals surface area contributed by atoms with E-state index < -0.39 is 5.97 Å². The first kappa shape index (κ1) is 18.7. The van der Waals surface area contributed by atoms with Crippen molar-refractivity contribution < 1.29 is 14.3 Å². The second-order valence-electron chi connectivity index (χ2n) is 5.43. The van der Waals surface area contributed by atoms with Gasteiger partial charge in [-0.25, -0.2) is 4.98 Å². The second-order valence-corrected chi connectivity index (χ2v) is 6.39. The Hall–Kier alpha value is -2.61. The average Bonchev–Trinajstić information content (AvgIpc) is 2.56. The molecule has 0 aliphatic heterocycles. The molecule has 25 heavy (non-hydrogen) atoms. The molecule has 1 heterocycles. The number of benzene rings is 1. The number of anilines is 1. The lowest BCUT2D eigenvalue weighted by Gasteiger charge is -2.07. The van der Waals surface area contributed by atoms with Crippen molar-refractivity contribution in [2.45, 2.75) is 25.4 Å². The third kappa shape index (κ3) is 5.75. The van der Waals surface area contributed by atoms with Crippen LogP contribution < -0.4 is 10.9 Å². The smallest absolute Gasteiger partial charge is 0.311 e. The van der Waals surface area contributed by atoms with E-state index in [0.717, 1.165) is 28.6 Å². The van der Waals surface area contributed by atoms with Gasteiger partial charge in [-0.1, -0.05) is 17.8 Å². The molecule has 0 bridgehead atoms. The maximum absolute atomic E-state index is 12.1. The third-order valence-electron chi connectivity index (χ3n) is 3.46. The van der Waals surface area contributed by atoms with Crippen LogP contribution in [0.1, 0.15) is 16.8 Å². The van der Waals surface area contributed by atoms with Crippen LogP contribution in [-0.4, -0.2) is 34.7 Å². The Morgan fingerprint density at radius 1 is 1.24 bits per heavy atom. The van der Waals surface area contributed by atoms with Crippen molar-refractivity contribution in [3.63, 3.8) is 0 Å². The number of rotatable bonds is 6. The SMILES string of the molecule is COC(=O)Cc1cc(=O)[nH]c(SCC(=O)Nc2ccc(C)c(C)c2)n1. The lowest BCUT2D eigenvalue weighted by Crippen LogP contribution is -2.17. The van der Waals surface area contributed by atoms with E-state index >= 15 is 0 Å². The van der Waals surface area contributed by atoms with Gasteiger partial charge in [-0.2, -0.15) is 0 Å². The summed E-state index contributed by atoms with van der Waals surface area (Å²) in [6.45, 7) is 3.97. The number of carbonyl (C=O) groups excluding carboxylic acids is 2. The number of carbonyl (C=O) groups is 2. The summed E-state index contributed by atoms with van der Waals surface area (Å²) in [5.74, 6) is -0.617. The predicted molar refractivity (Wildman–Crippen MR) is 95.8 cm³/mol. The first-order chi connectivity index (χ1) is 11.9. The van der Waals surface area contributed by atoms with Crippen molar-refractivity contribution in [3.8, 4) is 0 Å². The molecule has 0 aliphatic rings. The Balaban J connectivity index is 1.98. The van der Waals surface area contributed by atoms with Gasteiger partial charge in [0.15, 0.2) is 5.16 Å². The molecule has 132 valence electrons. The molecule has 0 radical (unpaired) electrons. The van der Waals surface area contributed by atoms with Gasteiger partial charge in [-0.05, 0) is 37.1 Å². The van der Waals surface area contributed by atoms with Crippen LogP contribution in [0.5, 0.6) is 0 Å². The molecule has 1 amide bonds. The maximum Gasteiger partial charge on any atom is 0.311 e. The molecule has 0 spiro atoms. The van der Waals surface area contributed by atoms with Gasteiger partial charge in [-0.15, -0.1) is 0 Å². The van der Waals surface area contributed by atoms with Gasteiger partial charge in [-0.3, -0.25) is 14.4 Å². The van der Waals surface area contributed by atoms with Crippen molar-refractivity contribution in [3.05, 3.63) is 51.4 Å². The summed E-state index contributed by atoms with van der Waals surface area (Å²) >= 11 is 1.09. The number of nitrogens with zero attached hydrogens (tertiary/aromatic N) is 1. The number of methoxy groups -OCH3 is 1. The number of aromatic nitrogens is 2. The lowest BCUT2D eigenvalue weighted by molar-refractivity contribution is -0.139. The van der Waals surface area contributed by atoms with Crippen LogP contribution in [0.25, 0.3) is 0 Å². The number of hydrogen-bond acceptors (Lipinski definition) is 6. The number of amides is 1. The minimum Gasteiger partial charge on any atom is -0.469 e. The largest absolute Gasteiger partial charge is 0.469 e. The highest BCUT2D eigenvalue weighted by molar-refractivity contribution is 7.99. The number of ether oxygens (including phenoxy) is 1. The third-order valence-corrected chi connectivity index (χ3v) is 4.33. The molecular weight excluding hydrogens is 342 g/mol. The van der Waals surface area contributed by atoms with Crippen molar-refractivity contribution in [1.29, 1.82) is 0 Å². The fraction of sp³-hybridized carbons (Fsp3) is 0.294. The standard InChI is InChI=1S/C17H19N3O4S/c1-10-4-5-12(6-11(10)2)18-15(22)9-25-17-19-13(7-14(21)20-17)8-16(23)24-3/h4-7H,8-9H2,1-3H3,(H,18,22)(H,19,20,21). The Morgan fingerprint density at radius 2 is 2.00 bits per heavy atom. The van der Waals surface area contributed by atoms with Gasteiger partial charge >= 0.3 is 5.97 Å². The summed E-state index contributed by atoms with van der Waals surface area (Å²) in [4.78, 5) is 41.6. The molecule has 0 saturated carbocycles. The zero-order chi connectivity index (χ0) is 18.4. The van der Waals surface area contributed by atoms with E-state index in [0.29, 0.717) is 5.69 Å². The summed E-state index contributed by atoms with van der Waals surface area (Å²) in [5, 5.41) is 3.08. The van der Waals surface area contributed by atoms with E-state index in [9.17, 15) is 14.4 Å². The fourth-order valence-electron chi connectivity index (χ4n) is 2.01. The molecule has 1 aromatic carbocycles. The number of nitrogens with one attached hydrogen (secondary N) is 2. The number of aryl methyl sites for hydroxylation is 2. The molecule has 7 nitrogen and oxygen atoms in total. The zero-order valence-corrected chi connectivity index (χ0v) is 15.0. The Kier molecular flexibility index (Phi) is 6.35. The van der Waals surface area contributed by atoms with Crippen LogP contribution in [-0.2, 0) is 20.7 Å². The van der Waals surface area contributed by atoms with E-state index in [-0.39, 0.29) is 28.8 Å². The van der Waals surface area contributed by atoms with E-state index in [1.807, 2.05) is 32.0 Å². The molecular formula is C17H19N3O4S. The monoisotopic (exact) mass is 361 g/mol. The number of H-pyrrole nitrogens is 1. The van der Waals surface area contributed by atoms with Gasteiger partial charge in [0.05, 0.1) is 25.0 Å². The molecule has 8 heteroatoms. The summed E-state index contributed by atoms with van der Waals surface area (Å²) in [6, 6.07) is 6.90. The van der Waals surface area contributed by atoms with Crippen molar-refractivity contribution in [2.75, 3.05) is 18.2 Å². The second kappa shape index (κ2) is 8.48. The summed E-state index contributed by atoms with van der Waals surface area (Å²) < 4.78 is 4.55. The molecule has 0 unspecified atom stereocenters. The summed E-state index contributed by atoms with van der Waals surface area (Å²) in [6.07, 6.45) is -0.0944. The Labute approximate surface area is 149 Å². The van der Waals surface area contributed by atoms with Gasteiger partial charge in [0, 0.05) is 11.8 Å². The van der Waals surface area contributed by atoms with Crippen molar-refractivity contribution in [2.24, 2.45) is 0 Å². The minimum absolute atomic E-state index is 0.0809. The summed E-state index contributed by atoms with van der Waals surface area (Å²) in [5.41, 5.74) is 2.87. The number of thioether (sulfide) groups is 1. The van der Waals surface area contributed by atoms with E-state index in [4.69, 9.17) is 0 Å². The lowest BCUT2D eigenvalue weighted by atomic mass is 10.1. The zero-order valence-electron chi connectivity index (χ0n) is 14.2. The van der Waals surface area contributed by atoms with E-state index in [2.05, 4.69) is 20.0 Å². The molecule has 2 N–H and O–H groups in total. The Bertz CT molecular complexity index is 848. The normalized spacial score (nSPS) is 10.4. The topological polar surface area (TPSA) is 101 Å². The van der Waals surface area contributed by atoms with Gasteiger partial charge in [0.2, 0.25) is 5.91 Å². The highest BCUT2D eigenvalue weighted by Gasteiger charge is 2.10. The molecule has 0 atom stereocenters. The van der Waals surface area contributed by atoms with Crippen LogP contribution in [0.3, 0.4) is 0 Å². The number of aromatic amines is 1. The number of hydrogen-bond donors (Lipinski definition) is 2. The average molecular weight is 361 g/mol. The first-order valence-electron chi connectivity index (χ1n) is 7.54. The van der Waals surface area contributed by atoms with Gasteiger partial charge in [0.25, 0.3) is 5.56 Å². The van der Waals surface area contributed by atoms with E-state index in [1.54, 1.807) is 0 Å². The summed E-state index contributed by atoms with van der Waals surface area (Å²) in [7, 11) is 1.27. The van der Waals surface area contributed by atoms with Crippen LogP contribution in [0.2, 0.25) is 0 Å². The first-order valence-corrected chi connectivity index (χ1v) is 8.53.